The van der Waals surface area contributed by atoms with Gasteiger partial charge in [-0.15, -0.1) is 5.10 Å². The molecule has 0 radical (unpaired) electrons. The van der Waals surface area contributed by atoms with Gasteiger partial charge in [-0.05, 0) is 6.92 Å². The summed E-state index contributed by atoms with van der Waals surface area (Å²) < 4.78 is 6.68. The lowest BCUT2D eigenvalue weighted by atomic mass is 10.5. The zero-order valence-electron chi connectivity index (χ0n) is 8.14. The molecule has 2 rings (SSSR count). The minimum Gasteiger partial charge on any atom is -0.339 e. The normalized spacial score (nSPS) is 10.7. The summed E-state index contributed by atoms with van der Waals surface area (Å²) in [6.45, 7) is 4.73. The third-order valence-corrected chi connectivity index (χ3v) is 1.83. The van der Waals surface area contributed by atoms with Crippen LogP contribution in [0.25, 0.3) is 11.6 Å². The molecule has 0 aliphatic heterocycles. The third-order valence-electron chi connectivity index (χ3n) is 1.83. The lowest BCUT2D eigenvalue weighted by Gasteiger charge is -1.87. The molecule has 0 spiro atoms. The Hall–Kier alpha value is -1.72. The molecule has 0 unspecified atom stereocenters. The molecule has 2 heterocycles. The largest absolute Gasteiger partial charge is 0.339 e. The predicted octanol–water partition coefficient (Wildman–Crippen LogP) is 0.910. The van der Waals surface area contributed by atoms with Crippen LogP contribution in [0.5, 0.6) is 0 Å². The van der Waals surface area contributed by atoms with Gasteiger partial charge in [0.1, 0.15) is 6.33 Å². The van der Waals surface area contributed by atoms with E-state index in [1.807, 2.05) is 13.8 Å². The van der Waals surface area contributed by atoms with Gasteiger partial charge in [-0.2, -0.15) is 4.98 Å². The van der Waals surface area contributed by atoms with Gasteiger partial charge >= 0.3 is 0 Å². The van der Waals surface area contributed by atoms with Crippen molar-refractivity contribution in [3.05, 3.63) is 12.2 Å². The molecule has 0 atom stereocenters. The second-order valence-electron chi connectivity index (χ2n) is 2.79. The molecule has 0 saturated heterocycles. The van der Waals surface area contributed by atoms with Crippen molar-refractivity contribution in [1.82, 2.24) is 24.9 Å². The average Bonchev–Trinajstić information content (AvgIpc) is 2.86. The highest BCUT2D eigenvalue weighted by Crippen LogP contribution is 2.09. The van der Waals surface area contributed by atoms with E-state index in [0.717, 1.165) is 13.0 Å². The van der Waals surface area contributed by atoms with E-state index in [4.69, 9.17) is 4.52 Å². The summed E-state index contributed by atoms with van der Waals surface area (Å²) in [5.74, 6) is 1.57. The fraction of sp³-hybridized carbons (Fsp3) is 0.500. The molecule has 0 amide bonds. The van der Waals surface area contributed by atoms with Crippen LogP contribution < -0.4 is 0 Å². The van der Waals surface area contributed by atoms with Crippen LogP contribution in [-0.4, -0.2) is 24.9 Å². The Morgan fingerprint density at radius 3 is 2.79 bits per heavy atom. The van der Waals surface area contributed by atoms with Crippen LogP contribution in [0.15, 0.2) is 10.9 Å². The molecule has 0 bridgehead atoms. The highest BCUT2D eigenvalue weighted by Gasteiger charge is 2.11. The first-order valence-corrected chi connectivity index (χ1v) is 4.56. The van der Waals surface area contributed by atoms with Gasteiger partial charge in [0, 0.05) is 13.0 Å². The second-order valence-corrected chi connectivity index (χ2v) is 2.79. The molecule has 0 N–H and O–H groups in total. The summed E-state index contributed by atoms with van der Waals surface area (Å²) in [4.78, 5) is 8.20. The van der Waals surface area contributed by atoms with Crippen LogP contribution in [0.3, 0.4) is 0 Å². The summed E-state index contributed by atoms with van der Waals surface area (Å²) in [5, 5.41) is 7.95. The first-order chi connectivity index (χ1) is 6.83. The van der Waals surface area contributed by atoms with Gasteiger partial charge < -0.3 is 4.52 Å². The lowest BCUT2D eigenvalue weighted by Crippen LogP contribution is -1.94. The molecule has 0 aliphatic carbocycles. The molecule has 2 aromatic heterocycles. The number of rotatable bonds is 3. The Bertz CT molecular complexity index is 379. The van der Waals surface area contributed by atoms with Crippen molar-refractivity contribution in [2.24, 2.45) is 0 Å². The van der Waals surface area contributed by atoms with Crippen molar-refractivity contribution >= 4 is 0 Å². The molecule has 2 aromatic rings. The quantitative estimate of drug-likeness (QED) is 0.724. The second kappa shape index (κ2) is 3.57. The topological polar surface area (TPSA) is 69.6 Å². The Morgan fingerprint density at radius 1 is 1.36 bits per heavy atom. The highest BCUT2D eigenvalue weighted by molar-refractivity contribution is 5.39. The Labute approximate surface area is 81.0 Å². The van der Waals surface area contributed by atoms with Gasteiger partial charge in [0.05, 0.1) is 0 Å². The monoisotopic (exact) mass is 193 g/mol. The first kappa shape index (κ1) is 8.86. The molecule has 14 heavy (non-hydrogen) atoms. The predicted molar refractivity (Wildman–Crippen MR) is 48.4 cm³/mol. The van der Waals surface area contributed by atoms with Crippen molar-refractivity contribution < 1.29 is 4.52 Å². The van der Waals surface area contributed by atoms with Gasteiger partial charge in [0.15, 0.2) is 0 Å². The molecular weight excluding hydrogens is 182 g/mol. The van der Waals surface area contributed by atoms with E-state index in [2.05, 4.69) is 20.2 Å². The van der Waals surface area contributed by atoms with Crippen LogP contribution in [0, 0.1) is 0 Å². The van der Waals surface area contributed by atoms with Crippen LogP contribution in [0.2, 0.25) is 0 Å². The van der Waals surface area contributed by atoms with E-state index >= 15 is 0 Å². The zero-order chi connectivity index (χ0) is 9.97. The fourth-order valence-corrected chi connectivity index (χ4v) is 1.04. The van der Waals surface area contributed by atoms with Crippen molar-refractivity contribution in [3.63, 3.8) is 0 Å². The maximum absolute atomic E-state index is 4.96. The number of hydrogen-bond donors (Lipinski definition) is 0. The maximum atomic E-state index is 4.96. The summed E-state index contributed by atoms with van der Waals surface area (Å²) >= 11 is 0. The average molecular weight is 193 g/mol. The van der Waals surface area contributed by atoms with Crippen molar-refractivity contribution in [1.29, 1.82) is 0 Å². The zero-order valence-corrected chi connectivity index (χ0v) is 8.14. The third kappa shape index (κ3) is 1.50. The Balaban J connectivity index is 2.29. The van der Waals surface area contributed by atoms with E-state index in [9.17, 15) is 0 Å². The first-order valence-electron chi connectivity index (χ1n) is 4.56. The molecule has 0 saturated carbocycles. The molecule has 6 nitrogen and oxygen atoms in total. The number of aryl methyl sites for hydroxylation is 2. The summed E-state index contributed by atoms with van der Waals surface area (Å²) in [7, 11) is 0. The van der Waals surface area contributed by atoms with E-state index in [1.165, 1.54) is 0 Å². The highest BCUT2D eigenvalue weighted by atomic mass is 16.5. The Kier molecular flexibility index (Phi) is 2.26. The number of aromatic nitrogens is 5. The Morgan fingerprint density at radius 2 is 2.21 bits per heavy atom. The minimum absolute atomic E-state index is 0.453. The van der Waals surface area contributed by atoms with Crippen molar-refractivity contribution in [2.75, 3.05) is 0 Å². The molecule has 6 heteroatoms. The molecule has 0 aliphatic rings. The van der Waals surface area contributed by atoms with Crippen LogP contribution in [0.4, 0.5) is 0 Å². The van der Waals surface area contributed by atoms with Crippen molar-refractivity contribution in [2.45, 2.75) is 26.8 Å². The van der Waals surface area contributed by atoms with Crippen LogP contribution in [-0.2, 0) is 13.0 Å². The molecule has 74 valence electrons. The van der Waals surface area contributed by atoms with E-state index in [-0.39, 0.29) is 0 Å². The summed E-state index contributed by atoms with van der Waals surface area (Å²) in [6.07, 6.45) is 2.37. The van der Waals surface area contributed by atoms with Gasteiger partial charge in [-0.3, -0.25) is 4.68 Å². The molecule has 0 fully saturated rings. The fourth-order valence-electron chi connectivity index (χ4n) is 1.04. The van der Waals surface area contributed by atoms with Gasteiger partial charge in [0.25, 0.3) is 0 Å². The van der Waals surface area contributed by atoms with Crippen LogP contribution in [0.1, 0.15) is 19.7 Å². The van der Waals surface area contributed by atoms with E-state index < -0.39 is 0 Å². The molecule has 0 aromatic carbocycles. The summed E-state index contributed by atoms with van der Waals surface area (Å²) in [6, 6.07) is 0. The van der Waals surface area contributed by atoms with Gasteiger partial charge in [0.2, 0.25) is 17.5 Å². The SMILES string of the molecule is CCc1nc(-c2ncn(CC)n2)no1. The van der Waals surface area contributed by atoms with Crippen LogP contribution >= 0.6 is 0 Å². The van der Waals surface area contributed by atoms with Gasteiger partial charge in [-0.25, -0.2) is 4.98 Å². The lowest BCUT2D eigenvalue weighted by molar-refractivity contribution is 0.382. The van der Waals surface area contributed by atoms with Gasteiger partial charge in [-0.1, -0.05) is 12.1 Å². The minimum atomic E-state index is 0.453. The van der Waals surface area contributed by atoms with E-state index in [1.54, 1.807) is 11.0 Å². The summed E-state index contributed by atoms with van der Waals surface area (Å²) in [5.41, 5.74) is 0. The number of nitrogens with zero attached hydrogens (tertiary/aromatic N) is 5. The standard InChI is InChI=1S/C8H11N5O/c1-3-6-10-8(12-14-6)7-9-5-13(4-2)11-7/h5H,3-4H2,1-2H3. The van der Waals surface area contributed by atoms with E-state index in [0.29, 0.717) is 17.5 Å². The smallest absolute Gasteiger partial charge is 0.242 e. The van der Waals surface area contributed by atoms with Crippen molar-refractivity contribution in [3.8, 4) is 11.6 Å². The maximum Gasteiger partial charge on any atom is 0.242 e. The number of hydrogen-bond acceptors (Lipinski definition) is 5. The molecular formula is C8H11N5O.